The van der Waals surface area contributed by atoms with Crippen molar-refractivity contribution in [3.05, 3.63) is 29.8 Å². The van der Waals surface area contributed by atoms with Crippen molar-refractivity contribution < 1.29 is 0 Å². The molecule has 0 radical (unpaired) electrons. The summed E-state index contributed by atoms with van der Waals surface area (Å²) < 4.78 is 0. The lowest BCUT2D eigenvalue weighted by Crippen LogP contribution is -2.53. The molecule has 2 aliphatic heterocycles. The van der Waals surface area contributed by atoms with Gasteiger partial charge in [-0.25, -0.2) is 0 Å². The van der Waals surface area contributed by atoms with E-state index < -0.39 is 5.41 Å². The third-order valence-corrected chi connectivity index (χ3v) is 4.24. The van der Waals surface area contributed by atoms with Crippen molar-refractivity contribution in [2.75, 3.05) is 11.4 Å². The monoisotopic (exact) mass is 237 g/mol. The van der Waals surface area contributed by atoms with Crippen LogP contribution in [0, 0.1) is 28.1 Å². The summed E-state index contributed by atoms with van der Waals surface area (Å²) in [6.07, 6.45) is 3.79. The van der Waals surface area contributed by atoms with Crippen LogP contribution in [0.4, 0.5) is 5.69 Å². The van der Waals surface area contributed by atoms with Gasteiger partial charge in [-0.3, -0.25) is 0 Å². The number of para-hydroxylation sites is 1. The Labute approximate surface area is 107 Å². The quantitative estimate of drug-likeness (QED) is 0.697. The summed E-state index contributed by atoms with van der Waals surface area (Å²) >= 11 is 0. The number of piperidine rings is 1. The van der Waals surface area contributed by atoms with Crippen LogP contribution in [0.2, 0.25) is 0 Å². The van der Waals surface area contributed by atoms with Crippen LogP contribution in [0.3, 0.4) is 0 Å². The standard InChI is InChI=1S/C15H15N3/c16-10-15(11-17)9-12-5-1-2-6-13(12)18-8-4-3-7-14(15)18/h1-2,5-6,14H,3-4,7-9H2/t14-/m0/s1. The van der Waals surface area contributed by atoms with Gasteiger partial charge in [-0.15, -0.1) is 0 Å². The number of nitriles is 2. The van der Waals surface area contributed by atoms with Crippen LogP contribution >= 0.6 is 0 Å². The Kier molecular flexibility index (Phi) is 2.49. The maximum atomic E-state index is 9.51. The van der Waals surface area contributed by atoms with Crippen molar-refractivity contribution in [1.29, 1.82) is 10.5 Å². The molecule has 3 heteroatoms. The molecule has 0 bridgehead atoms. The fourth-order valence-electron chi connectivity index (χ4n) is 3.34. The first-order valence-corrected chi connectivity index (χ1v) is 6.48. The first-order chi connectivity index (χ1) is 8.80. The third kappa shape index (κ3) is 1.41. The molecule has 0 amide bonds. The van der Waals surface area contributed by atoms with Gasteiger partial charge in [0.15, 0.2) is 5.41 Å². The zero-order valence-corrected chi connectivity index (χ0v) is 10.3. The van der Waals surface area contributed by atoms with E-state index in [1.165, 1.54) is 5.69 Å². The predicted octanol–water partition coefficient (Wildman–Crippen LogP) is 2.64. The van der Waals surface area contributed by atoms with Crippen LogP contribution in [0.25, 0.3) is 0 Å². The number of hydrogen-bond acceptors (Lipinski definition) is 3. The fourth-order valence-corrected chi connectivity index (χ4v) is 3.34. The van der Waals surface area contributed by atoms with Gasteiger partial charge in [0, 0.05) is 18.7 Å². The average molecular weight is 237 g/mol. The van der Waals surface area contributed by atoms with E-state index in [9.17, 15) is 10.5 Å². The van der Waals surface area contributed by atoms with Gasteiger partial charge >= 0.3 is 0 Å². The van der Waals surface area contributed by atoms with Crippen molar-refractivity contribution in [1.82, 2.24) is 0 Å². The van der Waals surface area contributed by atoms with Crippen LogP contribution in [0.5, 0.6) is 0 Å². The Hall–Kier alpha value is -2.00. The van der Waals surface area contributed by atoms with E-state index in [2.05, 4.69) is 23.1 Å². The van der Waals surface area contributed by atoms with E-state index in [1.54, 1.807) is 0 Å². The fraction of sp³-hybridized carbons (Fsp3) is 0.467. The molecule has 0 N–H and O–H groups in total. The zero-order chi connectivity index (χ0) is 12.6. The largest absolute Gasteiger partial charge is 0.366 e. The van der Waals surface area contributed by atoms with E-state index in [1.807, 2.05) is 18.2 Å². The van der Waals surface area contributed by atoms with Crippen molar-refractivity contribution in [2.45, 2.75) is 31.7 Å². The second-order valence-electron chi connectivity index (χ2n) is 5.21. The summed E-state index contributed by atoms with van der Waals surface area (Å²) in [7, 11) is 0. The van der Waals surface area contributed by atoms with Crippen LogP contribution in [-0.2, 0) is 6.42 Å². The highest BCUT2D eigenvalue weighted by Gasteiger charge is 2.48. The summed E-state index contributed by atoms with van der Waals surface area (Å²) in [5, 5.41) is 19.0. The highest BCUT2D eigenvalue weighted by molar-refractivity contribution is 5.60. The molecule has 0 saturated carbocycles. The molecular formula is C15H15N3. The minimum absolute atomic E-state index is 0.0659. The smallest absolute Gasteiger partial charge is 0.167 e. The molecule has 3 nitrogen and oxygen atoms in total. The second kappa shape index (κ2) is 4.03. The Balaban J connectivity index is 2.15. The van der Waals surface area contributed by atoms with Gasteiger partial charge in [-0.05, 0) is 30.9 Å². The van der Waals surface area contributed by atoms with Crippen molar-refractivity contribution in [3.63, 3.8) is 0 Å². The molecule has 18 heavy (non-hydrogen) atoms. The number of anilines is 1. The molecule has 1 atom stereocenters. The van der Waals surface area contributed by atoms with Crippen LogP contribution < -0.4 is 4.90 Å². The van der Waals surface area contributed by atoms with Gasteiger partial charge < -0.3 is 4.90 Å². The molecule has 0 spiro atoms. The molecule has 90 valence electrons. The number of hydrogen-bond donors (Lipinski definition) is 0. The first-order valence-electron chi connectivity index (χ1n) is 6.48. The molecule has 2 heterocycles. The number of nitrogens with zero attached hydrogens (tertiary/aromatic N) is 3. The maximum Gasteiger partial charge on any atom is 0.167 e. The van der Waals surface area contributed by atoms with Crippen LogP contribution in [0.1, 0.15) is 24.8 Å². The SMILES string of the molecule is N#CC1(C#N)Cc2ccccc2N2CCCC[C@H]21. The Morgan fingerprint density at radius 3 is 2.72 bits per heavy atom. The van der Waals surface area contributed by atoms with E-state index in [0.29, 0.717) is 6.42 Å². The lowest BCUT2D eigenvalue weighted by Gasteiger charge is -2.47. The Bertz CT molecular complexity index is 536. The summed E-state index contributed by atoms with van der Waals surface area (Å²) in [6.45, 7) is 0.965. The lowest BCUT2D eigenvalue weighted by atomic mass is 9.70. The van der Waals surface area contributed by atoms with Gasteiger partial charge in [0.1, 0.15) is 0 Å². The second-order valence-corrected chi connectivity index (χ2v) is 5.21. The molecule has 0 aliphatic carbocycles. The molecule has 1 aromatic carbocycles. The van der Waals surface area contributed by atoms with Gasteiger partial charge in [0.25, 0.3) is 0 Å². The van der Waals surface area contributed by atoms with Crippen LogP contribution in [-0.4, -0.2) is 12.6 Å². The van der Waals surface area contributed by atoms with E-state index in [-0.39, 0.29) is 6.04 Å². The third-order valence-electron chi connectivity index (χ3n) is 4.24. The van der Waals surface area contributed by atoms with E-state index in [0.717, 1.165) is 31.4 Å². The Morgan fingerprint density at radius 2 is 1.94 bits per heavy atom. The molecule has 2 aliphatic rings. The predicted molar refractivity (Wildman–Crippen MR) is 68.8 cm³/mol. The normalized spacial score (nSPS) is 24.3. The summed E-state index contributed by atoms with van der Waals surface area (Å²) in [5.74, 6) is 0. The molecule has 1 fully saturated rings. The van der Waals surface area contributed by atoms with Crippen molar-refractivity contribution >= 4 is 5.69 Å². The number of rotatable bonds is 0. The highest BCUT2D eigenvalue weighted by atomic mass is 15.2. The average Bonchev–Trinajstić information content (AvgIpc) is 2.46. The van der Waals surface area contributed by atoms with Crippen LogP contribution in [0.15, 0.2) is 24.3 Å². The minimum atomic E-state index is -0.866. The summed E-state index contributed by atoms with van der Waals surface area (Å²) in [6, 6.07) is 12.9. The number of fused-ring (bicyclic) bond motifs is 3. The molecule has 1 saturated heterocycles. The lowest BCUT2D eigenvalue weighted by molar-refractivity contribution is 0.307. The molecule has 3 rings (SSSR count). The van der Waals surface area contributed by atoms with Gasteiger partial charge in [-0.2, -0.15) is 10.5 Å². The first kappa shape index (κ1) is 11.1. The molecule has 0 unspecified atom stereocenters. The minimum Gasteiger partial charge on any atom is -0.366 e. The molecular weight excluding hydrogens is 222 g/mol. The van der Waals surface area contributed by atoms with Crippen molar-refractivity contribution in [3.8, 4) is 12.1 Å². The van der Waals surface area contributed by atoms with Gasteiger partial charge in [0.05, 0.1) is 18.2 Å². The summed E-state index contributed by atoms with van der Waals surface area (Å²) in [4.78, 5) is 2.29. The Morgan fingerprint density at radius 1 is 1.17 bits per heavy atom. The van der Waals surface area contributed by atoms with Gasteiger partial charge in [-0.1, -0.05) is 18.2 Å². The maximum absolute atomic E-state index is 9.51. The van der Waals surface area contributed by atoms with Crippen molar-refractivity contribution in [2.24, 2.45) is 5.41 Å². The zero-order valence-electron chi connectivity index (χ0n) is 10.3. The number of benzene rings is 1. The molecule has 1 aromatic rings. The molecule has 0 aromatic heterocycles. The van der Waals surface area contributed by atoms with E-state index in [4.69, 9.17) is 0 Å². The summed E-state index contributed by atoms with van der Waals surface area (Å²) in [5.41, 5.74) is 1.50. The van der Waals surface area contributed by atoms with E-state index >= 15 is 0 Å². The van der Waals surface area contributed by atoms with Gasteiger partial charge in [0.2, 0.25) is 0 Å². The topological polar surface area (TPSA) is 50.8 Å². The highest BCUT2D eigenvalue weighted by Crippen LogP contribution is 2.44.